The van der Waals surface area contributed by atoms with Gasteiger partial charge in [0.2, 0.25) is 5.91 Å². The lowest BCUT2D eigenvalue weighted by Crippen LogP contribution is -2.40. The van der Waals surface area contributed by atoms with Gasteiger partial charge in [0.05, 0.1) is 0 Å². The molecular weight excluding hydrogens is 263 g/mol. The first-order valence-electron chi connectivity index (χ1n) is 6.55. The Labute approximate surface area is 116 Å². The maximum Gasteiger partial charge on any atom is 0.256 e. The van der Waals surface area contributed by atoms with Crippen LogP contribution in [0.3, 0.4) is 0 Å². The Morgan fingerprint density at radius 2 is 2.05 bits per heavy atom. The molecule has 0 aromatic heterocycles. The van der Waals surface area contributed by atoms with Crippen molar-refractivity contribution in [1.82, 2.24) is 0 Å². The van der Waals surface area contributed by atoms with E-state index in [0.29, 0.717) is 18.7 Å². The predicted molar refractivity (Wildman–Crippen MR) is 71.5 cm³/mol. The summed E-state index contributed by atoms with van der Waals surface area (Å²) >= 11 is 0. The molecule has 108 valence electrons. The van der Waals surface area contributed by atoms with Gasteiger partial charge in [-0.3, -0.25) is 9.59 Å². The number of carbonyl (C=O) groups excluding carboxylic acids is 2. The number of primary amides is 1. The van der Waals surface area contributed by atoms with Crippen LogP contribution in [0.4, 0.5) is 10.1 Å². The van der Waals surface area contributed by atoms with Gasteiger partial charge < -0.3 is 15.4 Å². The summed E-state index contributed by atoms with van der Waals surface area (Å²) in [5, 5.41) is 0. The highest BCUT2D eigenvalue weighted by Gasteiger charge is 2.29. The predicted octanol–water partition coefficient (Wildman–Crippen LogP) is 1.21. The largest absolute Gasteiger partial charge is 0.370 e. The van der Waals surface area contributed by atoms with Gasteiger partial charge in [0.25, 0.3) is 5.91 Å². The summed E-state index contributed by atoms with van der Waals surface area (Å²) in [4.78, 5) is 24.8. The van der Waals surface area contributed by atoms with Crippen molar-refractivity contribution in [2.75, 3.05) is 18.1 Å². The highest BCUT2D eigenvalue weighted by atomic mass is 19.1. The van der Waals surface area contributed by atoms with E-state index in [-0.39, 0.29) is 24.7 Å². The summed E-state index contributed by atoms with van der Waals surface area (Å²) in [6.45, 7) is 0.725. The zero-order valence-electron chi connectivity index (χ0n) is 11.0. The first-order valence-corrected chi connectivity index (χ1v) is 6.55. The second kappa shape index (κ2) is 6.47. The van der Waals surface area contributed by atoms with E-state index in [1.807, 2.05) is 0 Å². The molecule has 2 amide bonds. The monoisotopic (exact) mass is 280 g/mol. The van der Waals surface area contributed by atoms with Crippen LogP contribution in [-0.4, -0.2) is 31.1 Å². The topological polar surface area (TPSA) is 72.6 Å². The molecule has 1 fully saturated rings. The molecule has 6 heteroatoms. The number of hydrogen-bond donors (Lipinski definition) is 1. The Bertz CT molecular complexity index is 484. The van der Waals surface area contributed by atoms with E-state index < -0.39 is 12.0 Å². The number of halogens is 1. The van der Waals surface area contributed by atoms with Crippen LogP contribution in [0.25, 0.3) is 0 Å². The molecule has 2 rings (SSSR count). The standard InChI is InChI=1S/C14H17FN2O3/c15-10-3-5-11(6-4-10)17(8-7-13(16)18)14(19)12-2-1-9-20-12/h3-6,12H,1-2,7-9H2,(H2,16,18). The minimum absolute atomic E-state index is 0.0514. The van der Waals surface area contributed by atoms with E-state index in [0.717, 1.165) is 6.42 Å². The summed E-state index contributed by atoms with van der Waals surface area (Å²) in [5.74, 6) is -1.08. The van der Waals surface area contributed by atoms with Crippen molar-refractivity contribution in [1.29, 1.82) is 0 Å². The smallest absolute Gasteiger partial charge is 0.256 e. The summed E-state index contributed by atoms with van der Waals surface area (Å²) in [6, 6.07) is 5.55. The summed E-state index contributed by atoms with van der Waals surface area (Å²) in [6.07, 6.45) is 1.06. The van der Waals surface area contributed by atoms with Gasteiger partial charge in [0.15, 0.2) is 0 Å². The van der Waals surface area contributed by atoms with Crippen LogP contribution in [0, 0.1) is 5.82 Å². The summed E-state index contributed by atoms with van der Waals surface area (Å²) in [7, 11) is 0. The molecule has 0 spiro atoms. The average Bonchev–Trinajstić information content (AvgIpc) is 2.94. The fraction of sp³-hybridized carbons (Fsp3) is 0.429. The fourth-order valence-corrected chi connectivity index (χ4v) is 2.16. The molecule has 0 saturated carbocycles. The zero-order chi connectivity index (χ0) is 14.5. The molecular formula is C14H17FN2O3. The minimum atomic E-state index is -0.493. The van der Waals surface area contributed by atoms with Crippen molar-refractivity contribution >= 4 is 17.5 Å². The van der Waals surface area contributed by atoms with Gasteiger partial charge in [-0.25, -0.2) is 4.39 Å². The Balaban J connectivity index is 2.16. The second-order valence-corrected chi connectivity index (χ2v) is 4.68. The average molecular weight is 280 g/mol. The van der Waals surface area contributed by atoms with E-state index in [1.54, 1.807) is 0 Å². The van der Waals surface area contributed by atoms with E-state index in [9.17, 15) is 14.0 Å². The van der Waals surface area contributed by atoms with Crippen LogP contribution in [-0.2, 0) is 14.3 Å². The third-order valence-electron chi connectivity index (χ3n) is 3.19. The van der Waals surface area contributed by atoms with Crippen molar-refractivity contribution < 1.29 is 18.7 Å². The molecule has 0 aliphatic carbocycles. The molecule has 1 heterocycles. The number of amides is 2. The fourth-order valence-electron chi connectivity index (χ4n) is 2.16. The third kappa shape index (κ3) is 3.54. The number of benzene rings is 1. The molecule has 20 heavy (non-hydrogen) atoms. The molecule has 1 aliphatic heterocycles. The molecule has 1 saturated heterocycles. The Morgan fingerprint density at radius 3 is 2.60 bits per heavy atom. The van der Waals surface area contributed by atoms with Crippen molar-refractivity contribution in [2.24, 2.45) is 5.73 Å². The lowest BCUT2D eigenvalue weighted by molar-refractivity contribution is -0.127. The van der Waals surface area contributed by atoms with Gasteiger partial charge in [-0.1, -0.05) is 0 Å². The number of rotatable bonds is 5. The van der Waals surface area contributed by atoms with Crippen LogP contribution in [0.5, 0.6) is 0 Å². The molecule has 1 aromatic carbocycles. The van der Waals surface area contributed by atoms with Crippen LogP contribution in [0.1, 0.15) is 19.3 Å². The van der Waals surface area contributed by atoms with Crippen LogP contribution in [0.15, 0.2) is 24.3 Å². The molecule has 0 bridgehead atoms. The molecule has 1 aliphatic rings. The highest BCUT2D eigenvalue weighted by Crippen LogP contribution is 2.21. The number of nitrogens with two attached hydrogens (primary N) is 1. The SMILES string of the molecule is NC(=O)CCN(C(=O)C1CCCO1)c1ccc(F)cc1. The van der Waals surface area contributed by atoms with Crippen molar-refractivity contribution in [3.63, 3.8) is 0 Å². The molecule has 1 aromatic rings. The lowest BCUT2D eigenvalue weighted by atomic mass is 10.2. The first kappa shape index (κ1) is 14.5. The molecule has 1 atom stereocenters. The van der Waals surface area contributed by atoms with Gasteiger partial charge >= 0.3 is 0 Å². The number of carbonyl (C=O) groups is 2. The number of anilines is 1. The van der Waals surface area contributed by atoms with Crippen LogP contribution in [0.2, 0.25) is 0 Å². The van der Waals surface area contributed by atoms with Crippen molar-refractivity contribution in [2.45, 2.75) is 25.4 Å². The summed E-state index contributed by atoms with van der Waals surface area (Å²) < 4.78 is 18.3. The molecule has 0 radical (unpaired) electrons. The number of ether oxygens (including phenoxy) is 1. The quantitative estimate of drug-likeness (QED) is 0.881. The minimum Gasteiger partial charge on any atom is -0.370 e. The van der Waals surface area contributed by atoms with Gasteiger partial charge in [-0.15, -0.1) is 0 Å². The van der Waals surface area contributed by atoms with E-state index in [4.69, 9.17) is 10.5 Å². The highest BCUT2D eigenvalue weighted by molar-refractivity contribution is 5.97. The Hall–Kier alpha value is -1.95. The lowest BCUT2D eigenvalue weighted by Gasteiger charge is -2.25. The Kier molecular flexibility index (Phi) is 4.68. The van der Waals surface area contributed by atoms with Crippen LogP contribution >= 0.6 is 0 Å². The maximum absolute atomic E-state index is 13.0. The van der Waals surface area contributed by atoms with Crippen molar-refractivity contribution in [3.05, 3.63) is 30.1 Å². The van der Waals surface area contributed by atoms with E-state index in [1.165, 1.54) is 29.2 Å². The maximum atomic E-state index is 13.0. The molecule has 5 nitrogen and oxygen atoms in total. The third-order valence-corrected chi connectivity index (χ3v) is 3.19. The van der Waals surface area contributed by atoms with E-state index in [2.05, 4.69) is 0 Å². The van der Waals surface area contributed by atoms with Gasteiger partial charge in [-0.05, 0) is 37.1 Å². The number of nitrogens with zero attached hydrogens (tertiary/aromatic N) is 1. The second-order valence-electron chi connectivity index (χ2n) is 4.68. The van der Waals surface area contributed by atoms with Gasteiger partial charge in [0, 0.05) is 25.3 Å². The van der Waals surface area contributed by atoms with Crippen LogP contribution < -0.4 is 10.6 Å². The summed E-state index contributed by atoms with van der Waals surface area (Å²) in [5.41, 5.74) is 5.66. The number of hydrogen-bond acceptors (Lipinski definition) is 3. The van der Waals surface area contributed by atoms with Gasteiger partial charge in [0.1, 0.15) is 11.9 Å². The van der Waals surface area contributed by atoms with Gasteiger partial charge in [-0.2, -0.15) is 0 Å². The molecule has 2 N–H and O–H groups in total. The molecule has 1 unspecified atom stereocenters. The normalized spacial score (nSPS) is 17.9. The van der Waals surface area contributed by atoms with Crippen molar-refractivity contribution in [3.8, 4) is 0 Å². The first-order chi connectivity index (χ1) is 9.58. The Morgan fingerprint density at radius 1 is 1.35 bits per heavy atom. The zero-order valence-corrected chi connectivity index (χ0v) is 11.0. The van der Waals surface area contributed by atoms with E-state index >= 15 is 0 Å².